The van der Waals surface area contributed by atoms with Crippen molar-refractivity contribution in [3.63, 3.8) is 0 Å². The number of ether oxygens (including phenoxy) is 2. The highest BCUT2D eigenvalue weighted by Gasteiger charge is 2.22. The van der Waals surface area contributed by atoms with Crippen molar-refractivity contribution in [2.75, 3.05) is 38.9 Å². The van der Waals surface area contributed by atoms with Crippen molar-refractivity contribution in [2.45, 2.75) is 38.4 Å². The molecule has 0 saturated heterocycles. The van der Waals surface area contributed by atoms with Crippen LogP contribution < -0.4 is 10.2 Å². The summed E-state index contributed by atoms with van der Waals surface area (Å²) in [7, 11) is 3.48. The maximum atomic E-state index is 5.32. The van der Waals surface area contributed by atoms with Crippen molar-refractivity contribution in [1.29, 1.82) is 0 Å². The normalized spacial score (nSPS) is 16.0. The van der Waals surface area contributed by atoms with E-state index in [9.17, 15) is 0 Å². The molecule has 0 radical (unpaired) electrons. The van der Waals surface area contributed by atoms with Crippen LogP contribution >= 0.6 is 0 Å². The molecule has 0 aliphatic heterocycles. The number of aromatic nitrogens is 1. The van der Waals surface area contributed by atoms with E-state index in [-0.39, 0.29) is 0 Å². The number of methoxy groups -OCH3 is 2. The van der Waals surface area contributed by atoms with E-state index >= 15 is 0 Å². The first-order valence-electron chi connectivity index (χ1n) is 7.67. The van der Waals surface area contributed by atoms with Gasteiger partial charge in [0.1, 0.15) is 0 Å². The Morgan fingerprint density at radius 1 is 1.38 bits per heavy atom. The van der Waals surface area contributed by atoms with Crippen molar-refractivity contribution in [1.82, 2.24) is 10.3 Å². The first-order valence-corrected chi connectivity index (χ1v) is 7.67. The molecule has 1 N–H and O–H groups in total. The minimum atomic E-state index is 0.298. The maximum absolute atomic E-state index is 5.32. The number of pyridine rings is 1. The molecule has 118 valence electrons. The van der Waals surface area contributed by atoms with Crippen LogP contribution in [0.2, 0.25) is 0 Å². The molecule has 1 saturated carbocycles. The van der Waals surface area contributed by atoms with Crippen LogP contribution in [0.3, 0.4) is 0 Å². The third-order valence-corrected chi connectivity index (χ3v) is 3.82. The summed E-state index contributed by atoms with van der Waals surface area (Å²) in [5.74, 6) is 0. The van der Waals surface area contributed by atoms with Gasteiger partial charge in [-0.2, -0.15) is 0 Å². The fraction of sp³-hybridized carbons (Fsp3) is 0.688. The van der Waals surface area contributed by atoms with Crippen LogP contribution in [0.5, 0.6) is 0 Å². The Kier molecular flexibility index (Phi) is 6.42. The van der Waals surface area contributed by atoms with Crippen LogP contribution in [-0.4, -0.2) is 51.0 Å². The summed E-state index contributed by atoms with van der Waals surface area (Å²) in [6, 6.07) is 3.08. The molecule has 0 aromatic carbocycles. The number of hydrogen-bond donors (Lipinski definition) is 1. The molecule has 5 nitrogen and oxygen atoms in total. The number of anilines is 1. The minimum absolute atomic E-state index is 0.298. The first kappa shape index (κ1) is 16.2. The fourth-order valence-corrected chi connectivity index (χ4v) is 2.48. The zero-order valence-electron chi connectivity index (χ0n) is 13.3. The monoisotopic (exact) mass is 293 g/mol. The number of hydrogen-bond acceptors (Lipinski definition) is 5. The summed E-state index contributed by atoms with van der Waals surface area (Å²) < 4.78 is 10.6. The van der Waals surface area contributed by atoms with Crippen molar-refractivity contribution in [2.24, 2.45) is 0 Å². The van der Waals surface area contributed by atoms with Gasteiger partial charge in [0.2, 0.25) is 0 Å². The second-order valence-corrected chi connectivity index (χ2v) is 5.65. The smallest absolute Gasteiger partial charge is 0.0663 e. The van der Waals surface area contributed by atoms with Crippen molar-refractivity contribution in [3.05, 3.63) is 24.0 Å². The first-order chi connectivity index (χ1) is 10.3. The van der Waals surface area contributed by atoms with Gasteiger partial charge in [0.25, 0.3) is 0 Å². The van der Waals surface area contributed by atoms with Crippen molar-refractivity contribution >= 4 is 5.69 Å². The third-order valence-electron chi connectivity index (χ3n) is 3.82. The van der Waals surface area contributed by atoms with Crippen molar-refractivity contribution in [3.8, 4) is 0 Å². The van der Waals surface area contributed by atoms with Crippen LogP contribution in [0.15, 0.2) is 18.5 Å². The Bertz CT molecular complexity index is 424. The van der Waals surface area contributed by atoms with E-state index in [4.69, 9.17) is 9.47 Å². The second-order valence-electron chi connectivity index (χ2n) is 5.65. The lowest BCUT2D eigenvalue weighted by atomic mass is 10.1. The molecule has 2 rings (SSSR count). The zero-order chi connectivity index (χ0) is 15.1. The quantitative estimate of drug-likeness (QED) is 0.713. The minimum Gasteiger partial charge on any atom is -0.383 e. The lowest BCUT2D eigenvalue weighted by Crippen LogP contribution is -2.39. The van der Waals surface area contributed by atoms with Crippen LogP contribution in [-0.2, 0) is 16.0 Å². The topological polar surface area (TPSA) is 46.6 Å². The van der Waals surface area contributed by atoms with Crippen LogP contribution in [0, 0.1) is 0 Å². The second kappa shape index (κ2) is 8.32. The summed E-state index contributed by atoms with van der Waals surface area (Å²) in [6.07, 6.45) is 6.41. The Balaban J connectivity index is 2.11. The summed E-state index contributed by atoms with van der Waals surface area (Å²) in [4.78, 5) is 6.63. The highest BCUT2D eigenvalue weighted by atomic mass is 16.5. The SMILES string of the molecule is COCCN(c1ccncc1CNC1CC1)C(C)COC. The molecule has 1 aliphatic carbocycles. The Morgan fingerprint density at radius 2 is 2.19 bits per heavy atom. The van der Waals surface area contributed by atoms with Crippen molar-refractivity contribution < 1.29 is 9.47 Å². The third kappa shape index (κ3) is 4.95. The highest BCUT2D eigenvalue weighted by molar-refractivity contribution is 5.53. The molecule has 1 atom stereocenters. The van der Waals surface area contributed by atoms with E-state index in [1.165, 1.54) is 24.1 Å². The van der Waals surface area contributed by atoms with Gasteiger partial charge < -0.3 is 19.7 Å². The molecule has 0 bridgehead atoms. The van der Waals surface area contributed by atoms with E-state index in [2.05, 4.69) is 28.2 Å². The molecule has 1 aromatic heterocycles. The Morgan fingerprint density at radius 3 is 2.86 bits per heavy atom. The van der Waals surface area contributed by atoms with Gasteiger partial charge in [0.05, 0.1) is 13.2 Å². The highest BCUT2D eigenvalue weighted by Crippen LogP contribution is 2.24. The van der Waals surface area contributed by atoms with Crippen LogP contribution in [0.1, 0.15) is 25.3 Å². The van der Waals surface area contributed by atoms with Gasteiger partial charge in [0.15, 0.2) is 0 Å². The number of nitrogens with zero attached hydrogens (tertiary/aromatic N) is 2. The Labute approximate surface area is 127 Å². The average Bonchev–Trinajstić information content (AvgIpc) is 3.31. The van der Waals surface area contributed by atoms with E-state index in [1.807, 2.05) is 12.4 Å². The van der Waals surface area contributed by atoms with Gasteiger partial charge in [-0.1, -0.05) is 0 Å². The van der Waals surface area contributed by atoms with Crippen LogP contribution in [0.4, 0.5) is 5.69 Å². The summed E-state index contributed by atoms with van der Waals surface area (Å²) in [5, 5.41) is 3.57. The number of nitrogens with one attached hydrogen (secondary N) is 1. The Hall–Kier alpha value is -1.17. The molecule has 1 heterocycles. The van der Waals surface area contributed by atoms with Gasteiger partial charge >= 0.3 is 0 Å². The molecular weight excluding hydrogens is 266 g/mol. The lowest BCUT2D eigenvalue weighted by Gasteiger charge is -2.32. The van der Waals surface area contributed by atoms with E-state index in [0.29, 0.717) is 25.3 Å². The molecule has 1 aliphatic rings. The lowest BCUT2D eigenvalue weighted by molar-refractivity contribution is 0.171. The molecule has 0 amide bonds. The van der Waals surface area contributed by atoms with Gasteiger partial charge in [-0.25, -0.2) is 0 Å². The maximum Gasteiger partial charge on any atom is 0.0663 e. The molecule has 0 spiro atoms. The zero-order valence-corrected chi connectivity index (χ0v) is 13.3. The van der Waals surface area contributed by atoms with Gasteiger partial charge in [-0.05, 0) is 25.8 Å². The largest absolute Gasteiger partial charge is 0.383 e. The molecule has 21 heavy (non-hydrogen) atoms. The fourth-order valence-electron chi connectivity index (χ4n) is 2.48. The molecule has 5 heteroatoms. The van der Waals surface area contributed by atoms with Gasteiger partial charge in [-0.3, -0.25) is 4.98 Å². The van der Waals surface area contributed by atoms with Gasteiger partial charge in [-0.15, -0.1) is 0 Å². The van der Waals surface area contributed by atoms with E-state index in [1.54, 1.807) is 14.2 Å². The average molecular weight is 293 g/mol. The van der Waals surface area contributed by atoms with Gasteiger partial charge in [0, 0.05) is 63.0 Å². The predicted octanol–water partition coefficient (Wildman–Crippen LogP) is 1.82. The number of rotatable bonds is 10. The molecule has 1 unspecified atom stereocenters. The molecule has 1 aromatic rings. The van der Waals surface area contributed by atoms with E-state index < -0.39 is 0 Å². The molecular formula is C16H27N3O2. The predicted molar refractivity (Wildman–Crippen MR) is 84.7 cm³/mol. The molecule has 1 fully saturated rings. The van der Waals surface area contributed by atoms with E-state index in [0.717, 1.165) is 13.1 Å². The summed E-state index contributed by atoms with van der Waals surface area (Å²) >= 11 is 0. The summed E-state index contributed by atoms with van der Waals surface area (Å²) in [6.45, 7) is 5.30. The standard InChI is InChI=1S/C16H27N3O2/c1-13(12-21-3)19(8-9-20-2)16-6-7-17-10-14(16)11-18-15-4-5-15/h6-7,10,13,15,18H,4-5,8-9,11-12H2,1-3H3. The van der Waals surface area contributed by atoms with Crippen LogP contribution in [0.25, 0.3) is 0 Å². The summed E-state index contributed by atoms with van der Waals surface area (Å²) in [5.41, 5.74) is 2.46.